The van der Waals surface area contributed by atoms with Gasteiger partial charge in [-0.2, -0.15) is 0 Å². The maximum Gasteiger partial charge on any atom is 0.360 e. The number of benzene rings is 1. The van der Waals surface area contributed by atoms with Gasteiger partial charge in [-0.3, -0.25) is 4.79 Å². The van der Waals surface area contributed by atoms with Gasteiger partial charge in [-0.1, -0.05) is 0 Å². The third-order valence-electron chi connectivity index (χ3n) is 4.23. The number of hydrogen-bond donors (Lipinski definition) is 2. The van der Waals surface area contributed by atoms with E-state index < -0.39 is 5.63 Å². The van der Waals surface area contributed by atoms with Gasteiger partial charge >= 0.3 is 5.63 Å². The summed E-state index contributed by atoms with van der Waals surface area (Å²) in [4.78, 5) is 27.3. The molecule has 1 aliphatic rings. The Balaban J connectivity index is 2.05. The molecule has 2 aromatic rings. The topological polar surface area (TPSA) is 94.2 Å². The minimum absolute atomic E-state index is 0.0139. The van der Waals surface area contributed by atoms with Crippen molar-refractivity contribution >= 4 is 22.6 Å². The average Bonchev–Trinajstić information content (AvgIpc) is 2.46. The van der Waals surface area contributed by atoms with Crippen molar-refractivity contribution in [1.29, 1.82) is 0 Å². The largest absolute Gasteiger partial charge is 0.508 e. The van der Waals surface area contributed by atoms with Crippen molar-refractivity contribution in [2.75, 3.05) is 31.1 Å². The quantitative estimate of drug-likeness (QED) is 0.767. The second-order valence-electron chi connectivity index (χ2n) is 5.69. The molecule has 3 rings (SSSR count). The lowest BCUT2D eigenvalue weighted by atomic mass is 10.1. The SMILES string of the molecule is CC(=O)N1CCN(c2c(C)c3c(O)cc(O)cc3oc2=O)CC1. The number of amides is 1. The van der Waals surface area contributed by atoms with E-state index in [1.54, 1.807) is 11.8 Å². The van der Waals surface area contributed by atoms with Crippen LogP contribution in [0.2, 0.25) is 0 Å². The van der Waals surface area contributed by atoms with Crippen LogP contribution in [0.5, 0.6) is 11.5 Å². The predicted octanol–water partition coefficient (Wildman–Crippen LogP) is 1.18. The van der Waals surface area contributed by atoms with Gasteiger partial charge in [0, 0.05) is 45.2 Å². The molecule has 1 saturated heterocycles. The van der Waals surface area contributed by atoms with E-state index in [9.17, 15) is 19.8 Å². The molecule has 0 spiro atoms. The highest BCUT2D eigenvalue weighted by molar-refractivity contribution is 5.91. The summed E-state index contributed by atoms with van der Waals surface area (Å²) in [5, 5.41) is 20.0. The third-order valence-corrected chi connectivity index (χ3v) is 4.23. The first kappa shape index (κ1) is 15.2. The Hall–Kier alpha value is -2.70. The maximum atomic E-state index is 12.3. The molecule has 0 bridgehead atoms. The minimum atomic E-state index is -0.517. The zero-order chi connectivity index (χ0) is 16.7. The van der Waals surface area contributed by atoms with E-state index in [1.807, 2.05) is 4.90 Å². The van der Waals surface area contributed by atoms with Gasteiger partial charge in [-0.25, -0.2) is 4.79 Å². The van der Waals surface area contributed by atoms with Crippen LogP contribution in [0.15, 0.2) is 21.3 Å². The summed E-state index contributed by atoms with van der Waals surface area (Å²) in [6.07, 6.45) is 0. The highest BCUT2D eigenvalue weighted by atomic mass is 16.4. The van der Waals surface area contributed by atoms with Gasteiger partial charge in [0.2, 0.25) is 5.91 Å². The molecule has 0 radical (unpaired) electrons. The Morgan fingerprint density at radius 3 is 2.43 bits per heavy atom. The molecule has 1 aliphatic heterocycles. The predicted molar refractivity (Wildman–Crippen MR) is 85.0 cm³/mol. The minimum Gasteiger partial charge on any atom is -0.508 e. The highest BCUT2D eigenvalue weighted by Crippen LogP contribution is 2.34. The number of aryl methyl sites for hydroxylation is 1. The molecule has 0 atom stereocenters. The Morgan fingerprint density at radius 2 is 1.83 bits per heavy atom. The molecule has 2 heterocycles. The highest BCUT2D eigenvalue weighted by Gasteiger charge is 2.24. The van der Waals surface area contributed by atoms with Crippen LogP contribution < -0.4 is 10.5 Å². The van der Waals surface area contributed by atoms with E-state index in [2.05, 4.69) is 0 Å². The van der Waals surface area contributed by atoms with Crippen molar-refractivity contribution in [3.8, 4) is 11.5 Å². The number of fused-ring (bicyclic) bond motifs is 1. The summed E-state index contributed by atoms with van der Waals surface area (Å²) in [5.74, 6) is -0.287. The Labute approximate surface area is 132 Å². The van der Waals surface area contributed by atoms with Gasteiger partial charge in [-0.05, 0) is 12.5 Å². The zero-order valence-electron chi connectivity index (χ0n) is 13.0. The van der Waals surface area contributed by atoms with Crippen LogP contribution in [0.3, 0.4) is 0 Å². The number of carbonyl (C=O) groups is 1. The fourth-order valence-corrected chi connectivity index (χ4v) is 3.07. The molecule has 2 N–H and O–H groups in total. The zero-order valence-corrected chi connectivity index (χ0v) is 13.0. The van der Waals surface area contributed by atoms with Crippen LogP contribution in [0.1, 0.15) is 12.5 Å². The van der Waals surface area contributed by atoms with Gasteiger partial charge < -0.3 is 24.4 Å². The Morgan fingerprint density at radius 1 is 1.17 bits per heavy atom. The van der Waals surface area contributed by atoms with E-state index in [0.717, 1.165) is 0 Å². The number of nitrogens with zero attached hydrogens (tertiary/aromatic N) is 2. The number of carbonyl (C=O) groups excluding carboxylic acids is 1. The number of phenols is 2. The standard InChI is InChI=1S/C16H18N2O5/c1-9-14-12(21)7-11(20)8-13(14)23-16(22)15(9)18-5-3-17(4-6-18)10(2)19/h7-8,20-21H,3-6H2,1-2H3. The number of aromatic hydroxyl groups is 2. The third kappa shape index (κ3) is 2.58. The first-order valence-electron chi connectivity index (χ1n) is 7.38. The molecule has 0 unspecified atom stereocenters. The lowest BCUT2D eigenvalue weighted by Crippen LogP contribution is -2.49. The van der Waals surface area contributed by atoms with Crippen LogP contribution >= 0.6 is 0 Å². The molecular weight excluding hydrogens is 300 g/mol. The molecule has 1 amide bonds. The summed E-state index contributed by atoms with van der Waals surface area (Å²) in [5.41, 5.74) is 0.624. The van der Waals surface area contributed by atoms with Gasteiger partial charge in [0.05, 0.1) is 5.39 Å². The first-order valence-corrected chi connectivity index (χ1v) is 7.38. The number of phenolic OH excluding ortho intramolecular Hbond substituents is 2. The maximum absolute atomic E-state index is 12.3. The molecule has 7 heteroatoms. The molecule has 1 aromatic heterocycles. The first-order chi connectivity index (χ1) is 10.9. The van der Waals surface area contributed by atoms with E-state index in [0.29, 0.717) is 42.8 Å². The van der Waals surface area contributed by atoms with E-state index in [1.165, 1.54) is 19.1 Å². The van der Waals surface area contributed by atoms with Crippen molar-refractivity contribution in [2.24, 2.45) is 0 Å². The molecule has 23 heavy (non-hydrogen) atoms. The summed E-state index contributed by atoms with van der Waals surface area (Å²) in [7, 11) is 0. The second kappa shape index (κ2) is 5.49. The summed E-state index contributed by atoms with van der Waals surface area (Å²) >= 11 is 0. The van der Waals surface area contributed by atoms with E-state index in [-0.39, 0.29) is 23.0 Å². The lowest BCUT2D eigenvalue weighted by Gasteiger charge is -2.35. The normalized spacial score (nSPS) is 15.2. The second-order valence-corrected chi connectivity index (χ2v) is 5.69. The number of piperazine rings is 1. The summed E-state index contributed by atoms with van der Waals surface area (Å²) in [6, 6.07) is 2.52. The molecule has 0 aliphatic carbocycles. The molecule has 7 nitrogen and oxygen atoms in total. The number of rotatable bonds is 1. The summed E-state index contributed by atoms with van der Waals surface area (Å²) < 4.78 is 5.27. The molecule has 0 saturated carbocycles. The van der Waals surface area contributed by atoms with Gasteiger partial charge in [0.1, 0.15) is 22.8 Å². The van der Waals surface area contributed by atoms with Crippen molar-refractivity contribution in [2.45, 2.75) is 13.8 Å². The monoisotopic (exact) mass is 318 g/mol. The van der Waals surface area contributed by atoms with E-state index in [4.69, 9.17) is 4.42 Å². The van der Waals surface area contributed by atoms with Crippen molar-refractivity contribution in [3.63, 3.8) is 0 Å². The Bertz CT molecular complexity index is 834. The van der Waals surface area contributed by atoms with Gasteiger partial charge in [0.15, 0.2) is 0 Å². The van der Waals surface area contributed by atoms with Crippen LogP contribution in [0.25, 0.3) is 11.0 Å². The van der Waals surface area contributed by atoms with Crippen molar-refractivity contribution < 1.29 is 19.4 Å². The van der Waals surface area contributed by atoms with Crippen molar-refractivity contribution in [3.05, 3.63) is 28.1 Å². The van der Waals surface area contributed by atoms with Gasteiger partial charge in [-0.15, -0.1) is 0 Å². The van der Waals surface area contributed by atoms with Crippen molar-refractivity contribution in [1.82, 2.24) is 4.90 Å². The van der Waals surface area contributed by atoms with Crippen LogP contribution in [-0.4, -0.2) is 47.2 Å². The fourth-order valence-electron chi connectivity index (χ4n) is 3.07. The number of anilines is 1. The number of hydrogen-bond acceptors (Lipinski definition) is 6. The molecule has 1 aromatic carbocycles. The Kier molecular flexibility index (Phi) is 3.63. The lowest BCUT2D eigenvalue weighted by molar-refractivity contribution is -0.129. The molecule has 122 valence electrons. The van der Waals surface area contributed by atoms with E-state index >= 15 is 0 Å². The fraction of sp³-hybridized carbons (Fsp3) is 0.375. The van der Waals surface area contributed by atoms with Crippen LogP contribution in [0.4, 0.5) is 5.69 Å². The average molecular weight is 318 g/mol. The molecule has 1 fully saturated rings. The summed E-state index contributed by atoms with van der Waals surface area (Å²) in [6.45, 7) is 5.38. The van der Waals surface area contributed by atoms with Gasteiger partial charge in [0.25, 0.3) is 0 Å². The van der Waals surface area contributed by atoms with Crippen LogP contribution in [0, 0.1) is 6.92 Å². The molecular formula is C16H18N2O5. The smallest absolute Gasteiger partial charge is 0.360 e. The van der Waals surface area contributed by atoms with Crippen LogP contribution in [-0.2, 0) is 4.79 Å².